The molecule has 1 aromatic heterocycles. The number of aliphatic hydroxyl groups is 1. The molecule has 1 amide bonds. The number of pyridine rings is 1. The average Bonchev–Trinajstić information content (AvgIpc) is 2.77. The maximum Gasteiger partial charge on any atom is 0.228 e. The number of aliphatic hydroxyl groups excluding tert-OH is 1. The number of hydrogen-bond donors (Lipinski definition) is 1. The number of amides is 1. The molecule has 1 unspecified atom stereocenters. The summed E-state index contributed by atoms with van der Waals surface area (Å²) in [4.78, 5) is 20.2. The minimum absolute atomic E-state index is 0.0317. The summed E-state index contributed by atoms with van der Waals surface area (Å²) in [6.45, 7) is 0.734. The van der Waals surface area contributed by atoms with Gasteiger partial charge in [0.05, 0.1) is 6.61 Å². The van der Waals surface area contributed by atoms with E-state index in [4.69, 9.17) is 10.6 Å². The summed E-state index contributed by atoms with van der Waals surface area (Å²) in [6, 6.07) is 3.38. The van der Waals surface area contributed by atoms with E-state index in [1.807, 2.05) is 0 Å². The van der Waals surface area contributed by atoms with Crippen LogP contribution in [0.3, 0.4) is 0 Å². The summed E-state index contributed by atoms with van der Waals surface area (Å²) in [6.07, 6.45) is 1.93. The van der Waals surface area contributed by atoms with Crippen molar-refractivity contribution in [3.8, 4) is 0 Å². The van der Waals surface area contributed by atoms with E-state index in [0.717, 1.165) is 0 Å². The fourth-order valence-electron chi connectivity index (χ4n) is 1.98. The van der Waals surface area contributed by atoms with Gasteiger partial charge in [0.25, 0.3) is 0 Å². The highest BCUT2D eigenvalue weighted by Crippen LogP contribution is 2.24. The van der Waals surface area contributed by atoms with Crippen molar-refractivity contribution < 1.29 is 9.90 Å². The molecule has 0 spiro atoms. The first-order valence-corrected chi connectivity index (χ1v) is 5.61. The minimum atomic E-state index is -0.0836. The molecule has 0 saturated carbocycles. The fraction of sp³-hybridized carbons (Fsp3) is 0.455. The van der Waals surface area contributed by atoms with Crippen LogP contribution in [0.1, 0.15) is 12.0 Å². The van der Waals surface area contributed by atoms with Gasteiger partial charge >= 0.3 is 0 Å². The lowest BCUT2D eigenvalue weighted by atomic mass is 10.1. The third-order valence-corrected chi connectivity index (χ3v) is 2.88. The number of hydrogen-bond acceptors (Lipinski definition) is 4. The van der Waals surface area contributed by atoms with Crippen LogP contribution in [0.15, 0.2) is 23.4 Å². The Morgan fingerprint density at radius 2 is 2.50 bits per heavy atom. The molecule has 2 rings (SSSR count). The number of azide groups is 1. The van der Waals surface area contributed by atoms with Gasteiger partial charge in [0.15, 0.2) is 0 Å². The van der Waals surface area contributed by atoms with Crippen LogP contribution in [-0.4, -0.2) is 29.1 Å². The summed E-state index contributed by atoms with van der Waals surface area (Å²) in [5.74, 6) is 0.540. The molecule has 1 atom stereocenters. The Kier molecular flexibility index (Phi) is 3.76. The summed E-state index contributed by atoms with van der Waals surface area (Å²) >= 11 is 0. The van der Waals surface area contributed by atoms with Crippen LogP contribution in [0, 0.1) is 5.92 Å². The van der Waals surface area contributed by atoms with E-state index in [1.54, 1.807) is 23.2 Å². The van der Waals surface area contributed by atoms with Gasteiger partial charge in [0.1, 0.15) is 5.82 Å². The second-order valence-corrected chi connectivity index (χ2v) is 4.17. The molecular weight excluding hydrogens is 234 g/mol. The average molecular weight is 247 g/mol. The van der Waals surface area contributed by atoms with Crippen LogP contribution in [-0.2, 0) is 11.4 Å². The van der Waals surface area contributed by atoms with E-state index in [-0.39, 0.29) is 18.4 Å². The third kappa shape index (κ3) is 2.58. The maximum absolute atomic E-state index is 11.8. The molecule has 1 aliphatic rings. The second-order valence-electron chi connectivity index (χ2n) is 4.17. The quantitative estimate of drug-likeness (QED) is 0.491. The largest absolute Gasteiger partial charge is 0.392 e. The molecule has 18 heavy (non-hydrogen) atoms. The highest BCUT2D eigenvalue weighted by atomic mass is 16.3. The lowest BCUT2D eigenvalue weighted by Gasteiger charge is -2.15. The van der Waals surface area contributed by atoms with Crippen LogP contribution in [0.5, 0.6) is 0 Å². The molecule has 0 bridgehead atoms. The Morgan fingerprint density at radius 1 is 1.67 bits per heavy atom. The molecular formula is C11H13N5O2. The zero-order valence-electron chi connectivity index (χ0n) is 9.73. The first-order chi connectivity index (χ1) is 8.74. The number of rotatable bonds is 4. The van der Waals surface area contributed by atoms with Crippen molar-refractivity contribution in [2.45, 2.75) is 13.0 Å². The van der Waals surface area contributed by atoms with Crippen LogP contribution >= 0.6 is 0 Å². The normalized spacial score (nSPS) is 18.8. The van der Waals surface area contributed by atoms with E-state index in [2.05, 4.69) is 15.0 Å². The highest BCUT2D eigenvalue weighted by Gasteiger charge is 2.30. The lowest BCUT2D eigenvalue weighted by molar-refractivity contribution is -0.117. The van der Waals surface area contributed by atoms with E-state index in [9.17, 15) is 4.79 Å². The van der Waals surface area contributed by atoms with Crippen molar-refractivity contribution in [2.24, 2.45) is 11.0 Å². The van der Waals surface area contributed by atoms with Gasteiger partial charge in [-0.2, -0.15) is 0 Å². The second kappa shape index (κ2) is 5.48. The van der Waals surface area contributed by atoms with Crippen molar-refractivity contribution in [3.05, 3.63) is 34.3 Å². The third-order valence-electron chi connectivity index (χ3n) is 2.88. The SMILES string of the molecule is [N-]=[N+]=NCC1CC(=O)N(c2cc(CO)ccn2)C1. The van der Waals surface area contributed by atoms with Gasteiger partial charge in [-0.05, 0) is 29.1 Å². The van der Waals surface area contributed by atoms with E-state index in [0.29, 0.717) is 30.9 Å². The highest BCUT2D eigenvalue weighted by molar-refractivity contribution is 5.94. The first-order valence-electron chi connectivity index (χ1n) is 5.61. The standard InChI is InChI=1S/C11H13N5O2/c12-15-14-5-9-4-11(18)16(6-9)10-3-8(7-17)1-2-13-10/h1-3,9,17H,4-7H2. The number of nitrogens with zero attached hydrogens (tertiary/aromatic N) is 5. The summed E-state index contributed by atoms with van der Waals surface area (Å²) in [5.41, 5.74) is 8.98. The first kappa shape index (κ1) is 12.3. The molecule has 0 aliphatic carbocycles. The summed E-state index contributed by atoms with van der Waals surface area (Å²) in [5, 5.41) is 12.5. The van der Waals surface area contributed by atoms with Crippen LogP contribution in [0.2, 0.25) is 0 Å². The summed E-state index contributed by atoms with van der Waals surface area (Å²) < 4.78 is 0. The molecule has 1 aliphatic heterocycles. The van der Waals surface area contributed by atoms with E-state index in [1.165, 1.54) is 0 Å². The molecule has 1 saturated heterocycles. The predicted molar refractivity (Wildman–Crippen MR) is 64.6 cm³/mol. The smallest absolute Gasteiger partial charge is 0.228 e. The van der Waals surface area contributed by atoms with Crippen LogP contribution in [0.25, 0.3) is 10.4 Å². The number of anilines is 1. The zero-order chi connectivity index (χ0) is 13.0. The fourth-order valence-corrected chi connectivity index (χ4v) is 1.98. The molecule has 7 nitrogen and oxygen atoms in total. The van der Waals surface area contributed by atoms with Gasteiger partial charge in [-0.25, -0.2) is 4.98 Å². The van der Waals surface area contributed by atoms with Gasteiger partial charge in [0, 0.05) is 30.6 Å². The molecule has 1 N–H and O–H groups in total. The Hall–Kier alpha value is -2.11. The maximum atomic E-state index is 11.8. The van der Waals surface area contributed by atoms with Crippen molar-refractivity contribution in [2.75, 3.05) is 18.0 Å². The number of carbonyl (C=O) groups is 1. The van der Waals surface area contributed by atoms with Gasteiger partial charge in [-0.15, -0.1) is 0 Å². The monoisotopic (exact) mass is 247 g/mol. The predicted octanol–water partition coefficient (Wildman–Crippen LogP) is 1.24. The molecule has 0 aromatic carbocycles. The van der Waals surface area contributed by atoms with E-state index < -0.39 is 0 Å². The van der Waals surface area contributed by atoms with Crippen LogP contribution < -0.4 is 4.90 Å². The Morgan fingerprint density at radius 3 is 3.22 bits per heavy atom. The Bertz CT molecular complexity index is 498. The zero-order valence-corrected chi connectivity index (χ0v) is 9.73. The van der Waals surface area contributed by atoms with Gasteiger partial charge in [0.2, 0.25) is 5.91 Å². The van der Waals surface area contributed by atoms with Crippen LogP contribution in [0.4, 0.5) is 5.82 Å². The molecule has 2 heterocycles. The number of aromatic nitrogens is 1. The molecule has 1 fully saturated rings. The van der Waals surface area contributed by atoms with Crippen molar-refractivity contribution in [3.63, 3.8) is 0 Å². The molecule has 94 valence electrons. The Labute approximate surface area is 104 Å². The number of carbonyl (C=O) groups excluding carboxylic acids is 1. The lowest BCUT2D eigenvalue weighted by Crippen LogP contribution is -2.25. The van der Waals surface area contributed by atoms with E-state index >= 15 is 0 Å². The van der Waals surface area contributed by atoms with Crippen molar-refractivity contribution in [1.82, 2.24) is 4.98 Å². The topological polar surface area (TPSA) is 102 Å². The molecule has 1 aromatic rings. The van der Waals surface area contributed by atoms with Gasteiger partial charge < -0.3 is 5.11 Å². The van der Waals surface area contributed by atoms with Crippen molar-refractivity contribution >= 4 is 11.7 Å². The summed E-state index contributed by atoms with van der Waals surface area (Å²) in [7, 11) is 0. The minimum Gasteiger partial charge on any atom is -0.392 e. The molecule has 0 radical (unpaired) electrons. The Balaban J connectivity index is 2.13. The van der Waals surface area contributed by atoms with Gasteiger partial charge in [-0.1, -0.05) is 5.11 Å². The van der Waals surface area contributed by atoms with Crippen molar-refractivity contribution in [1.29, 1.82) is 0 Å². The van der Waals surface area contributed by atoms with Gasteiger partial charge in [-0.3, -0.25) is 9.69 Å². The molecule has 7 heteroatoms.